The second-order valence-corrected chi connectivity index (χ2v) is 6.70. The van der Waals surface area contributed by atoms with E-state index in [0.717, 1.165) is 44.6 Å². The molecule has 1 unspecified atom stereocenters. The van der Waals surface area contributed by atoms with Crippen LogP contribution in [0.25, 0.3) is 0 Å². The molecule has 3 N–H and O–H groups in total. The van der Waals surface area contributed by atoms with Crippen molar-refractivity contribution < 1.29 is 9.53 Å². The summed E-state index contributed by atoms with van der Waals surface area (Å²) in [5, 5.41) is 3.14. The third-order valence-corrected chi connectivity index (χ3v) is 5.48. The number of nitrogens with two attached hydrogens (primary N) is 1. The number of nitrogens with zero attached hydrogens (tertiary/aromatic N) is 1. The van der Waals surface area contributed by atoms with Crippen molar-refractivity contribution in [1.82, 2.24) is 5.32 Å². The third-order valence-electron chi connectivity index (χ3n) is 5.48. The minimum Gasteiger partial charge on any atom is -0.497 e. The number of carbonyl (C=O) groups is 1. The molecule has 2 rings (SSSR count). The van der Waals surface area contributed by atoms with Crippen LogP contribution in [0.5, 0.6) is 5.75 Å². The maximum Gasteiger partial charge on any atom is 0.227 e. The standard InChI is InChI=1S/C19H31N3O2/c1-4-19(5-2,14-20)18(23)21-12-15-9-10-22(13-15)16-7-6-8-17(11-16)24-3/h6-8,11,15H,4-5,9-10,12-14,20H2,1-3H3,(H,21,23). The zero-order chi connectivity index (χ0) is 17.6. The molecule has 0 aliphatic carbocycles. The van der Waals surface area contributed by atoms with Gasteiger partial charge >= 0.3 is 0 Å². The molecule has 0 radical (unpaired) electrons. The van der Waals surface area contributed by atoms with Gasteiger partial charge in [0.1, 0.15) is 5.75 Å². The number of ether oxygens (including phenoxy) is 1. The zero-order valence-electron chi connectivity index (χ0n) is 15.2. The molecule has 24 heavy (non-hydrogen) atoms. The largest absolute Gasteiger partial charge is 0.497 e. The topological polar surface area (TPSA) is 67.6 Å². The van der Waals surface area contributed by atoms with Crippen LogP contribution < -0.4 is 20.7 Å². The van der Waals surface area contributed by atoms with Gasteiger partial charge in [-0.05, 0) is 37.3 Å². The van der Waals surface area contributed by atoms with Crippen molar-refractivity contribution in [2.45, 2.75) is 33.1 Å². The van der Waals surface area contributed by atoms with Gasteiger partial charge in [0.2, 0.25) is 5.91 Å². The van der Waals surface area contributed by atoms with Gasteiger partial charge in [0.25, 0.3) is 0 Å². The first-order chi connectivity index (χ1) is 11.6. The van der Waals surface area contributed by atoms with Crippen LogP contribution in [0, 0.1) is 11.3 Å². The van der Waals surface area contributed by atoms with E-state index in [-0.39, 0.29) is 5.91 Å². The van der Waals surface area contributed by atoms with Gasteiger partial charge < -0.3 is 20.7 Å². The van der Waals surface area contributed by atoms with E-state index in [0.29, 0.717) is 12.5 Å². The van der Waals surface area contributed by atoms with Crippen molar-refractivity contribution in [3.8, 4) is 5.75 Å². The van der Waals surface area contributed by atoms with Crippen molar-refractivity contribution in [2.75, 3.05) is 38.2 Å². The third kappa shape index (κ3) is 4.01. The average molecular weight is 333 g/mol. The minimum atomic E-state index is -0.412. The molecule has 0 bridgehead atoms. The molecule has 1 atom stereocenters. The van der Waals surface area contributed by atoms with E-state index >= 15 is 0 Å². The highest BCUT2D eigenvalue weighted by atomic mass is 16.5. The van der Waals surface area contributed by atoms with Crippen LogP contribution in [0.15, 0.2) is 24.3 Å². The van der Waals surface area contributed by atoms with Crippen LogP contribution in [0.1, 0.15) is 33.1 Å². The summed E-state index contributed by atoms with van der Waals surface area (Å²) >= 11 is 0. The minimum absolute atomic E-state index is 0.106. The Morgan fingerprint density at radius 3 is 2.79 bits per heavy atom. The van der Waals surface area contributed by atoms with Gasteiger partial charge in [-0.15, -0.1) is 0 Å². The highest BCUT2D eigenvalue weighted by molar-refractivity contribution is 5.82. The maximum atomic E-state index is 12.5. The fourth-order valence-electron chi connectivity index (χ4n) is 3.42. The highest BCUT2D eigenvalue weighted by Gasteiger charge is 2.34. The van der Waals surface area contributed by atoms with Crippen LogP contribution in [0.4, 0.5) is 5.69 Å². The van der Waals surface area contributed by atoms with Gasteiger partial charge in [-0.3, -0.25) is 4.79 Å². The second kappa shape index (κ2) is 8.38. The van der Waals surface area contributed by atoms with Gasteiger partial charge in [0, 0.05) is 37.9 Å². The van der Waals surface area contributed by atoms with Crippen molar-refractivity contribution >= 4 is 11.6 Å². The van der Waals surface area contributed by atoms with E-state index < -0.39 is 5.41 Å². The Balaban J connectivity index is 1.89. The van der Waals surface area contributed by atoms with E-state index in [1.165, 1.54) is 5.69 Å². The van der Waals surface area contributed by atoms with Crippen LogP contribution in [-0.2, 0) is 4.79 Å². The molecule has 1 saturated heterocycles. The van der Waals surface area contributed by atoms with Gasteiger partial charge in [0.05, 0.1) is 12.5 Å². The molecule has 1 fully saturated rings. The lowest BCUT2D eigenvalue weighted by Gasteiger charge is -2.29. The Morgan fingerprint density at radius 2 is 2.17 bits per heavy atom. The molecular formula is C19H31N3O2. The van der Waals surface area contributed by atoms with E-state index in [4.69, 9.17) is 10.5 Å². The molecule has 5 nitrogen and oxygen atoms in total. The van der Waals surface area contributed by atoms with Crippen LogP contribution in [0.3, 0.4) is 0 Å². The summed E-state index contributed by atoms with van der Waals surface area (Å²) < 4.78 is 5.30. The molecule has 0 spiro atoms. The van der Waals surface area contributed by atoms with Crippen molar-refractivity contribution in [2.24, 2.45) is 17.1 Å². The monoisotopic (exact) mass is 333 g/mol. The predicted molar refractivity (Wildman–Crippen MR) is 98.4 cm³/mol. The molecular weight excluding hydrogens is 302 g/mol. The van der Waals surface area contributed by atoms with Crippen LogP contribution in [0.2, 0.25) is 0 Å². The maximum absolute atomic E-state index is 12.5. The number of amides is 1. The Bertz CT molecular complexity index is 535. The van der Waals surface area contributed by atoms with Gasteiger partial charge in [-0.1, -0.05) is 19.9 Å². The van der Waals surface area contributed by atoms with E-state index in [9.17, 15) is 4.79 Å². The SMILES string of the molecule is CCC(CC)(CN)C(=O)NCC1CCN(c2cccc(OC)c2)C1. The number of carbonyl (C=O) groups excluding carboxylic acids is 1. The number of anilines is 1. The first kappa shape index (κ1) is 18.6. The van der Waals surface area contributed by atoms with Gasteiger partial charge in [-0.2, -0.15) is 0 Å². The van der Waals surface area contributed by atoms with Crippen LogP contribution >= 0.6 is 0 Å². The quantitative estimate of drug-likeness (QED) is 0.766. The summed E-state index contributed by atoms with van der Waals surface area (Å²) in [6, 6.07) is 8.15. The lowest BCUT2D eigenvalue weighted by atomic mass is 9.81. The number of hydrogen-bond donors (Lipinski definition) is 2. The van der Waals surface area contributed by atoms with E-state index in [2.05, 4.69) is 22.3 Å². The highest BCUT2D eigenvalue weighted by Crippen LogP contribution is 2.28. The summed E-state index contributed by atoms with van der Waals surface area (Å²) in [4.78, 5) is 14.9. The molecule has 1 amide bonds. The number of benzene rings is 1. The van der Waals surface area contributed by atoms with Crippen molar-refractivity contribution in [3.05, 3.63) is 24.3 Å². The van der Waals surface area contributed by atoms with Gasteiger partial charge in [-0.25, -0.2) is 0 Å². The smallest absolute Gasteiger partial charge is 0.227 e. The normalized spacial score (nSPS) is 17.8. The Labute approximate surface area is 145 Å². The van der Waals surface area contributed by atoms with Gasteiger partial charge in [0.15, 0.2) is 0 Å². The molecule has 134 valence electrons. The molecule has 1 aromatic rings. The zero-order valence-corrected chi connectivity index (χ0v) is 15.2. The van der Waals surface area contributed by atoms with Crippen LogP contribution in [-0.4, -0.2) is 39.2 Å². The average Bonchev–Trinajstić information content (AvgIpc) is 3.11. The molecule has 5 heteroatoms. The van der Waals surface area contributed by atoms with Crippen molar-refractivity contribution in [1.29, 1.82) is 0 Å². The number of methoxy groups -OCH3 is 1. The Morgan fingerprint density at radius 1 is 1.42 bits per heavy atom. The number of rotatable bonds is 8. The second-order valence-electron chi connectivity index (χ2n) is 6.70. The molecule has 0 saturated carbocycles. The summed E-state index contributed by atoms with van der Waals surface area (Å²) in [5.41, 5.74) is 6.63. The predicted octanol–water partition coefficient (Wildman–Crippen LogP) is 2.40. The molecule has 0 aromatic heterocycles. The Hall–Kier alpha value is -1.75. The fourth-order valence-corrected chi connectivity index (χ4v) is 3.42. The van der Waals surface area contributed by atoms with Crippen molar-refractivity contribution in [3.63, 3.8) is 0 Å². The summed E-state index contributed by atoms with van der Waals surface area (Å²) in [5.74, 6) is 1.46. The lowest BCUT2D eigenvalue weighted by Crippen LogP contribution is -2.46. The number of hydrogen-bond acceptors (Lipinski definition) is 4. The first-order valence-electron chi connectivity index (χ1n) is 8.96. The molecule has 1 aromatic carbocycles. The molecule has 1 aliphatic rings. The number of nitrogens with one attached hydrogen (secondary N) is 1. The summed E-state index contributed by atoms with van der Waals surface area (Å²) in [7, 11) is 1.69. The first-order valence-corrected chi connectivity index (χ1v) is 8.96. The Kier molecular flexibility index (Phi) is 6.49. The lowest BCUT2D eigenvalue weighted by molar-refractivity contribution is -0.131. The summed E-state index contributed by atoms with van der Waals surface area (Å²) in [6.45, 7) is 7.18. The van der Waals surface area contributed by atoms with E-state index in [1.807, 2.05) is 26.0 Å². The van der Waals surface area contributed by atoms with E-state index in [1.54, 1.807) is 7.11 Å². The molecule has 1 aliphatic heterocycles. The summed E-state index contributed by atoms with van der Waals surface area (Å²) in [6.07, 6.45) is 2.66. The fraction of sp³-hybridized carbons (Fsp3) is 0.632. The molecule has 1 heterocycles.